The van der Waals surface area contributed by atoms with Crippen molar-refractivity contribution in [2.45, 2.75) is 19.9 Å². The van der Waals surface area contributed by atoms with E-state index in [9.17, 15) is 4.79 Å². The van der Waals surface area contributed by atoms with Crippen molar-refractivity contribution < 1.29 is 9.53 Å². The van der Waals surface area contributed by atoms with Gasteiger partial charge in [-0.3, -0.25) is 9.78 Å². The molecule has 0 saturated heterocycles. The van der Waals surface area contributed by atoms with Crippen LogP contribution in [0.25, 0.3) is 0 Å². The van der Waals surface area contributed by atoms with Gasteiger partial charge in [-0.25, -0.2) is 0 Å². The molecule has 4 heteroatoms. The van der Waals surface area contributed by atoms with Crippen molar-refractivity contribution in [1.82, 2.24) is 10.3 Å². The van der Waals surface area contributed by atoms with Crippen LogP contribution < -0.4 is 10.1 Å². The molecular formula is C16H18N2O2. The lowest BCUT2D eigenvalue weighted by molar-refractivity contribution is -0.123. The van der Waals surface area contributed by atoms with E-state index in [4.69, 9.17) is 4.74 Å². The van der Waals surface area contributed by atoms with Gasteiger partial charge in [0.05, 0.1) is 0 Å². The van der Waals surface area contributed by atoms with Gasteiger partial charge in [0, 0.05) is 18.9 Å². The van der Waals surface area contributed by atoms with Gasteiger partial charge in [0.1, 0.15) is 5.75 Å². The van der Waals surface area contributed by atoms with Gasteiger partial charge < -0.3 is 10.1 Å². The van der Waals surface area contributed by atoms with Crippen LogP contribution in [0.4, 0.5) is 0 Å². The van der Waals surface area contributed by atoms with Crippen molar-refractivity contribution in [3.63, 3.8) is 0 Å². The van der Waals surface area contributed by atoms with E-state index in [2.05, 4.69) is 17.2 Å². The number of ether oxygens (including phenoxy) is 1. The van der Waals surface area contributed by atoms with E-state index >= 15 is 0 Å². The number of amides is 1. The summed E-state index contributed by atoms with van der Waals surface area (Å²) < 4.78 is 5.47. The van der Waals surface area contributed by atoms with Crippen LogP contribution in [0.2, 0.25) is 0 Å². The number of benzene rings is 1. The first kappa shape index (κ1) is 14.1. The van der Waals surface area contributed by atoms with Crippen molar-refractivity contribution in [3.05, 3.63) is 59.9 Å². The van der Waals surface area contributed by atoms with E-state index in [1.165, 1.54) is 5.56 Å². The maximum atomic E-state index is 11.7. The fraction of sp³-hybridized carbons (Fsp3) is 0.250. The fourth-order valence-corrected chi connectivity index (χ4v) is 1.76. The minimum Gasteiger partial charge on any atom is -0.484 e. The fourth-order valence-electron chi connectivity index (χ4n) is 1.76. The molecule has 0 atom stereocenters. The third-order valence-electron chi connectivity index (χ3n) is 2.92. The minimum absolute atomic E-state index is 0.0260. The predicted molar refractivity (Wildman–Crippen MR) is 77.4 cm³/mol. The molecule has 0 bridgehead atoms. The van der Waals surface area contributed by atoms with Crippen molar-refractivity contribution in [2.75, 3.05) is 6.61 Å². The van der Waals surface area contributed by atoms with E-state index in [1.807, 2.05) is 36.4 Å². The summed E-state index contributed by atoms with van der Waals surface area (Å²) in [6.45, 7) is 2.60. The highest BCUT2D eigenvalue weighted by Crippen LogP contribution is 2.13. The third-order valence-corrected chi connectivity index (χ3v) is 2.92. The molecule has 2 rings (SSSR count). The van der Waals surface area contributed by atoms with Crippen LogP contribution in [0.15, 0.2) is 48.8 Å². The minimum atomic E-state index is -0.135. The molecule has 0 saturated carbocycles. The molecule has 0 aliphatic rings. The number of nitrogens with zero attached hydrogens (tertiary/aromatic N) is 1. The van der Waals surface area contributed by atoms with Crippen LogP contribution in [0.1, 0.15) is 18.1 Å². The molecule has 0 radical (unpaired) electrons. The summed E-state index contributed by atoms with van der Waals surface area (Å²) in [6.07, 6.45) is 4.36. The monoisotopic (exact) mass is 270 g/mol. The van der Waals surface area contributed by atoms with E-state index in [1.54, 1.807) is 12.4 Å². The van der Waals surface area contributed by atoms with E-state index < -0.39 is 0 Å². The average Bonchev–Trinajstić information content (AvgIpc) is 2.52. The van der Waals surface area contributed by atoms with E-state index in [0.717, 1.165) is 17.7 Å². The van der Waals surface area contributed by atoms with Crippen molar-refractivity contribution >= 4 is 5.91 Å². The highest BCUT2D eigenvalue weighted by molar-refractivity contribution is 5.77. The van der Waals surface area contributed by atoms with Gasteiger partial charge in [0.15, 0.2) is 6.61 Å². The van der Waals surface area contributed by atoms with E-state index in [-0.39, 0.29) is 12.5 Å². The zero-order valence-electron chi connectivity index (χ0n) is 11.5. The first-order valence-electron chi connectivity index (χ1n) is 6.65. The van der Waals surface area contributed by atoms with Gasteiger partial charge in [-0.2, -0.15) is 0 Å². The second kappa shape index (κ2) is 7.28. The molecule has 0 fully saturated rings. The SMILES string of the molecule is CCc1cccc(OCC(=O)NCc2ccncc2)c1. The van der Waals surface area contributed by atoms with Crippen LogP contribution in [0.3, 0.4) is 0 Å². The summed E-state index contributed by atoms with van der Waals surface area (Å²) in [6, 6.07) is 11.5. The molecule has 0 aliphatic heterocycles. The Hall–Kier alpha value is -2.36. The predicted octanol–water partition coefficient (Wildman–Crippen LogP) is 2.34. The number of carbonyl (C=O) groups excluding carboxylic acids is 1. The molecule has 2 aromatic rings. The van der Waals surface area contributed by atoms with Crippen LogP contribution in [-0.2, 0) is 17.8 Å². The summed E-state index contributed by atoms with van der Waals surface area (Å²) in [5.41, 5.74) is 2.21. The third kappa shape index (κ3) is 4.39. The normalized spacial score (nSPS) is 10.1. The van der Waals surface area contributed by atoms with Crippen LogP contribution >= 0.6 is 0 Å². The molecule has 20 heavy (non-hydrogen) atoms. The average molecular weight is 270 g/mol. The molecule has 1 N–H and O–H groups in total. The quantitative estimate of drug-likeness (QED) is 0.876. The Morgan fingerprint density at radius 2 is 2.00 bits per heavy atom. The molecule has 1 amide bonds. The molecule has 0 unspecified atom stereocenters. The van der Waals surface area contributed by atoms with Crippen LogP contribution in [-0.4, -0.2) is 17.5 Å². The number of pyridine rings is 1. The molecule has 1 heterocycles. The Balaban J connectivity index is 1.77. The van der Waals surface area contributed by atoms with Gasteiger partial charge in [0.2, 0.25) is 0 Å². The van der Waals surface area contributed by atoms with Gasteiger partial charge >= 0.3 is 0 Å². The second-order valence-electron chi connectivity index (χ2n) is 4.42. The van der Waals surface area contributed by atoms with Gasteiger partial charge in [-0.05, 0) is 41.8 Å². The molecule has 104 valence electrons. The largest absolute Gasteiger partial charge is 0.484 e. The maximum absolute atomic E-state index is 11.7. The molecule has 0 aliphatic carbocycles. The second-order valence-corrected chi connectivity index (χ2v) is 4.42. The number of carbonyl (C=O) groups is 1. The number of hydrogen-bond acceptors (Lipinski definition) is 3. The van der Waals surface area contributed by atoms with Crippen LogP contribution in [0, 0.1) is 0 Å². The Bertz CT molecular complexity index is 555. The lowest BCUT2D eigenvalue weighted by atomic mass is 10.2. The lowest BCUT2D eigenvalue weighted by Crippen LogP contribution is -2.28. The smallest absolute Gasteiger partial charge is 0.258 e. The Labute approximate surface area is 118 Å². The maximum Gasteiger partial charge on any atom is 0.258 e. The summed E-state index contributed by atoms with van der Waals surface area (Å²) in [5.74, 6) is 0.590. The number of nitrogens with one attached hydrogen (secondary N) is 1. The Morgan fingerprint density at radius 1 is 1.20 bits per heavy atom. The molecule has 1 aromatic heterocycles. The Kier molecular flexibility index (Phi) is 5.12. The summed E-state index contributed by atoms with van der Waals surface area (Å²) in [4.78, 5) is 15.6. The van der Waals surface area contributed by atoms with E-state index in [0.29, 0.717) is 6.54 Å². The van der Waals surface area contributed by atoms with Crippen molar-refractivity contribution in [1.29, 1.82) is 0 Å². The van der Waals surface area contributed by atoms with Gasteiger partial charge in [-0.15, -0.1) is 0 Å². The summed E-state index contributed by atoms with van der Waals surface area (Å²) in [7, 11) is 0. The van der Waals surface area contributed by atoms with Crippen LogP contribution in [0.5, 0.6) is 5.75 Å². The Morgan fingerprint density at radius 3 is 2.75 bits per heavy atom. The molecule has 4 nitrogen and oxygen atoms in total. The highest BCUT2D eigenvalue weighted by Gasteiger charge is 2.03. The number of rotatable bonds is 6. The number of aryl methyl sites for hydroxylation is 1. The van der Waals surface area contributed by atoms with Crippen molar-refractivity contribution in [2.24, 2.45) is 0 Å². The van der Waals surface area contributed by atoms with Gasteiger partial charge in [-0.1, -0.05) is 19.1 Å². The zero-order chi connectivity index (χ0) is 14.2. The first-order chi connectivity index (χ1) is 9.78. The zero-order valence-corrected chi connectivity index (χ0v) is 11.5. The van der Waals surface area contributed by atoms with Gasteiger partial charge in [0.25, 0.3) is 5.91 Å². The summed E-state index contributed by atoms with van der Waals surface area (Å²) >= 11 is 0. The number of hydrogen-bond donors (Lipinski definition) is 1. The number of aromatic nitrogens is 1. The first-order valence-corrected chi connectivity index (χ1v) is 6.65. The molecular weight excluding hydrogens is 252 g/mol. The van der Waals surface area contributed by atoms with Crippen molar-refractivity contribution in [3.8, 4) is 5.75 Å². The highest BCUT2D eigenvalue weighted by atomic mass is 16.5. The topological polar surface area (TPSA) is 51.2 Å². The standard InChI is InChI=1S/C16H18N2O2/c1-2-13-4-3-5-15(10-13)20-12-16(19)18-11-14-6-8-17-9-7-14/h3-10H,2,11-12H2,1H3,(H,18,19). The summed E-state index contributed by atoms with van der Waals surface area (Å²) in [5, 5.41) is 2.81. The molecule has 0 spiro atoms. The molecule has 1 aromatic carbocycles. The lowest BCUT2D eigenvalue weighted by Gasteiger charge is -2.08.